The van der Waals surface area contributed by atoms with Gasteiger partial charge >= 0.3 is 5.97 Å². The molecule has 1 saturated carbocycles. The normalized spacial score (nSPS) is 15.4. The van der Waals surface area contributed by atoms with E-state index in [1.54, 1.807) is 19.9 Å². The number of carbonyl (C=O) groups is 1. The maximum absolute atomic E-state index is 14.2. The molecule has 0 saturated heterocycles. The number of hydrogen-bond donors (Lipinski definition) is 0. The third kappa shape index (κ3) is 4.11. The molecule has 0 bridgehead atoms. The zero-order chi connectivity index (χ0) is 18.7. The molecule has 1 heterocycles. The molecule has 0 spiro atoms. The van der Waals surface area contributed by atoms with E-state index in [0.29, 0.717) is 27.3 Å². The first kappa shape index (κ1) is 19.0. The summed E-state index contributed by atoms with van der Waals surface area (Å²) in [5.41, 5.74) is 0. The van der Waals surface area contributed by atoms with Crippen molar-refractivity contribution in [3.8, 4) is 11.5 Å². The van der Waals surface area contributed by atoms with Gasteiger partial charge in [-0.3, -0.25) is 0 Å². The van der Waals surface area contributed by atoms with Crippen molar-refractivity contribution >= 4 is 27.4 Å². The third-order valence-corrected chi connectivity index (χ3v) is 5.48. The van der Waals surface area contributed by atoms with E-state index < -0.39 is 11.8 Å². The second-order valence-corrected chi connectivity index (χ2v) is 7.86. The SMILES string of the molecule is CCOc1cc2c(OC3CCCCC3)c(C(=O)OC(C)C)sc2cc1F. The Morgan fingerprint density at radius 1 is 1.27 bits per heavy atom. The highest BCUT2D eigenvalue weighted by molar-refractivity contribution is 7.21. The lowest BCUT2D eigenvalue weighted by molar-refractivity contribution is 0.0376. The average Bonchev–Trinajstić information content (AvgIpc) is 2.93. The number of thiophene rings is 1. The van der Waals surface area contributed by atoms with Crippen molar-refractivity contribution in [3.05, 3.63) is 22.8 Å². The lowest BCUT2D eigenvalue weighted by atomic mass is 9.98. The van der Waals surface area contributed by atoms with Gasteiger partial charge in [-0.05, 0) is 58.6 Å². The molecule has 0 atom stereocenters. The summed E-state index contributed by atoms with van der Waals surface area (Å²) >= 11 is 1.21. The number of benzene rings is 1. The first-order chi connectivity index (χ1) is 12.5. The van der Waals surface area contributed by atoms with Crippen molar-refractivity contribution in [1.82, 2.24) is 0 Å². The van der Waals surface area contributed by atoms with Crippen LogP contribution in [0.4, 0.5) is 4.39 Å². The number of esters is 1. The highest BCUT2D eigenvalue weighted by Crippen LogP contribution is 2.42. The molecular formula is C20H25FO4S. The standard InChI is InChI=1S/C20H25FO4S/c1-4-23-16-10-14-17(11-15(16)21)26-19(20(22)24-12(2)3)18(14)25-13-8-6-5-7-9-13/h10-13H,4-9H2,1-3H3. The number of rotatable bonds is 6. The summed E-state index contributed by atoms with van der Waals surface area (Å²) in [6.45, 7) is 5.79. The Morgan fingerprint density at radius 3 is 2.65 bits per heavy atom. The van der Waals surface area contributed by atoms with Crippen molar-refractivity contribution in [2.24, 2.45) is 0 Å². The summed E-state index contributed by atoms with van der Waals surface area (Å²) in [7, 11) is 0. The Balaban J connectivity index is 2.04. The van der Waals surface area contributed by atoms with E-state index in [-0.39, 0.29) is 18.0 Å². The summed E-state index contributed by atoms with van der Waals surface area (Å²) in [5.74, 6) is -0.183. The van der Waals surface area contributed by atoms with Gasteiger partial charge in [0.25, 0.3) is 0 Å². The van der Waals surface area contributed by atoms with E-state index >= 15 is 0 Å². The van der Waals surface area contributed by atoms with Gasteiger partial charge in [-0.1, -0.05) is 6.42 Å². The number of hydrogen-bond acceptors (Lipinski definition) is 5. The number of ether oxygens (including phenoxy) is 3. The van der Waals surface area contributed by atoms with Gasteiger partial charge in [0.2, 0.25) is 0 Å². The van der Waals surface area contributed by atoms with Crippen LogP contribution >= 0.6 is 11.3 Å². The zero-order valence-corrected chi connectivity index (χ0v) is 16.3. The van der Waals surface area contributed by atoms with E-state index in [9.17, 15) is 9.18 Å². The Kier molecular flexibility index (Phi) is 6.01. The van der Waals surface area contributed by atoms with Gasteiger partial charge in [0.05, 0.1) is 18.8 Å². The first-order valence-electron chi connectivity index (χ1n) is 9.26. The topological polar surface area (TPSA) is 44.8 Å². The van der Waals surface area contributed by atoms with E-state index in [1.165, 1.54) is 23.8 Å². The van der Waals surface area contributed by atoms with Crippen LogP contribution in [0.25, 0.3) is 10.1 Å². The quantitative estimate of drug-likeness (QED) is 0.602. The molecule has 4 nitrogen and oxygen atoms in total. The number of halogens is 1. The monoisotopic (exact) mass is 380 g/mol. The van der Waals surface area contributed by atoms with E-state index in [2.05, 4.69) is 0 Å². The maximum Gasteiger partial charge on any atom is 0.352 e. The van der Waals surface area contributed by atoms with Crippen LogP contribution in [-0.2, 0) is 4.74 Å². The maximum atomic E-state index is 14.2. The van der Waals surface area contributed by atoms with Crippen LogP contribution in [0.5, 0.6) is 11.5 Å². The molecule has 0 aliphatic heterocycles. The third-order valence-electron chi connectivity index (χ3n) is 4.36. The molecule has 26 heavy (non-hydrogen) atoms. The minimum Gasteiger partial charge on any atom is -0.491 e. The van der Waals surface area contributed by atoms with Crippen LogP contribution in [0.3, 0.4) is 0 Å². The minimum atomic E-state index is -0.436. The minimum absolute atomic E-state index is 0.0766. The molecule has 142 valence electrons. The summed E-state index contributed by atoms with van der Waals surface area (Å²) in [5, 5.41) is 0.709. The molecule has 1 aliphatic rings. The molecule has 1 aliphatic carbocycles. The lowest BCUT2D eigenvalue weighted by Crippen LogP contribution is -2.21. The summed E-state index contributed by atoms with van der Waals surface area (Å²) in [6, 6.07) is 3.04. The Hall–Kier alpha value is -1.82. The van der Waals surface area contributed by atoms with E-state index in [4.69, 9.17) is 14.2 Å². The zero-order valence-electron chi connectivity index (χ0n) is 15.5. The molecule has 0 amide bonds. The molecular weight excluding hydrogens is 355 g/mol. The van der Waals surface area contributed by atoms with Gasteiger partial charge in [0.15, 0.2) is 22.2 Å². The van der Waals surface area contributed by atoms with Gasteiger partial charge in [-0.2, -0.15) is 0 Å². The fourth-order valence-electron chi connectivity index (χ4n) is 3.21. The van der Waals surface area contributed by atoms with Crippen LogP contribution < -0.4 is 9.47 Å². The second-order valence-electron chi connectivity index (χ2n) is 6.80. The van der Waals surface area contributed by atoms with E-state index in [0.717, 1.165) is 25.7 Å². The summed E-state index contributed by atoms with van der Waals surface area (Å²) in [6.07, 6.45) is 5.24. The van der Waals surface area contributed by atoms with Crippen molar-refractivity contribution in [3.63, 3.8) is 0 Å². The molecule has 2 aromatic rings. The molecule has 6 heteroatoms. The molecule has 1 aromatic carbocycles. The Labute approximate surface area is 157 Å². The van der Waals surface area contributed by atoms with Crippen LogP contribution in [0.15, 0.2) is 12.1 Å². The van der Waals surface area contributed by atoms with Gasteiger partial charge in [-0.25, -0.2) is 9.18 Å². The van der Waals surface area contributed by atoms with Crippen molar-refractivity contribution in [1.29, 1.82) is 0 Å². The van der Waals surface area contributed by atoms with Gasteiger partial charge in [0.1, 0.15) is 0 Å². The fraction of sp³-hybridized carbons (Fsp3) is 0.550. The van der Waals surface area contributed by atoms with Gasteiger partial charge in [-0.15, -0.1) is 11.3 Å². The molecule has 1 fully saturated rings. The molecule has 3 rings (SSSR count). The smallest absolute Gasteiger partial charge is 0.352 e. The average molecular weight is 380 g/mol. The van der Waals surface area contributed by atoms with Crippen LogP contribution in [0.1, 0.15) is 62.5 Å². The predicted octanol–water partition coefficient (Wildman–Crippen LogP) is 5.72. The lowest BCUT2D eigenvalue weighted by Gasteiger charge is -2.23. The highest BCUT2D eigenvalue weighted by atomic mass is 32.1. The van der Waals surface area contributed by atoms with Crippen LogP contribution in [0.2, 0.25) is 0 Å². The summed E-state index contributed by atoms with van der Waals surface area (Å²) < 4.78 is 31.9. The first-order valence-corrected chi connectivity index (χ1v) is 10.1. The predicted molar refractivity (Wildman–Crippen MR) is 101 cm³/mol. The van der Waals surface area contributed by atoms with Crippen molar-refractivity contribution in [2.45, 2.75) is 65.1 Å². The molecule has 0 N–H and O–H groups in total. The van der Waals surface area contributed by atoms with Gasteiger partial charge in [0, 0.05) is 10.1 Å². The highest BCUT2D eigenvalue weighted by Gasteiger charge is 2.26. The van der Waals surface area contributed by atoms with Crippen molar-refractivity contribution < 1.29 is 23.4 Å². The van der Waals surface area contributed by atoms with E-state index in [1.807, 2.05) is 6.92 Å². The number of fused-ring (bicyclic) bond motifs is 1. The molecule has 0 unspecified atom stereocenters. The van der Waals surface area contributed by atoms with Gasteiger partial charge < -0.3 is 14.2 Å². The number of carbonyl (C=O) groups excluding carboxylic acids is 1. The Morgan fingerprint density at radius 2 is 2.00 bits per heavy atom. The molecule has 1 aromatic heterocycles. The van der Waals surface area contributed by atoms with Crippen LogP contribution in [-0.4, -0.2) is 24.8 Å². The fourth-order valence-corrected chi connectivity index (χ4v) is 4.24. The van der Waals surface area contributed by atoms with Crippen LogP contribution in [0, 0.1) is 5.82 Å². The largest absolute Gasteiger partial charge is 0.491 e. The summed E-state index contributed by atoms with van der Waals surface area (Å²) in [4.78, 5) is 13.0. The second kappa shape index (κ2) is 8.25. The van der Waals surface area contributed by atoms with Crippen molar-refractivity contribution in [2.75, 3.05) is 6.61 Å². The Bertz CT molecular complexity index is 778. The molecule has 0 radical (unpaired) electrons.